The van der Waals surface area contributed by atoms with Gasteiger partial charge in [-0.05, 0) is 24.5 Å². The Kier molecular flexibility index (Phi) is 4.11. The molecule has 0 aliphatic heterocycles. The molecule has 0 aromatic heterocycles. The lowest BCUT2D eigenvalue weighted by molar-refractivity contribution is -0.465. The van der Waals surface area contributed by atoms with Gasteiger partial charge in [-0.3, -0.25) is 14.9 Å². The molecule has 80 valence electrons. The van der Waals surface area contributed by atoms with Crippen molar-refractivity contribution in [3.05, 3.63) is 38.9 Å². The maximum absolute atomic E-state index is 11.3. The number of thioether (sulfide) groups is 1. The van der Waals surface area contributed by atoms with E-state index in [0.717, 1.165) is 4.90 Å². The summed E-state index contributed by atoms with van der Waals surface area (Å²) in [5, 5.41) is 10.7. The first-order valence-corrected chi connectivity index (χ1v) is 5.63. The van der Waals surface area contributed by atoms with Gasteiger partial charge in [0.1, 0.15) is 0 Å². The van der Waals surface area contributed by atoms with Crippen molar-refractivity contribution in [2.24, 2.45) is 0 Å². The summed E-state index contributed by atoms with van der Waals surface area (Å²) in [6.45, 7) is -0.685. The number of carbonyl (C=O) groups excluding carboxylic acids is 1. The predicted octanol–water partition coefficient (Wildman–Crippen LogP) is 2.52. The number of Topliss-reactive ketones (excluding diaryl/α,β-unsaturated/α-hetero) is 1. The number of ketones is 1. The minimum atomic E-state index is -0.685. The van der Waals surface area contributed by atoms with Gasteiger partial charge in [0.05, 0.1) is 5.02 Å². The lowest BCUT2D eigenvalue weighted by Crippen LogP contribution is -2.13. The predicted molar refractivity (Wildman–Crippen MR) is 59.4 cm³/mol. The number of nitrogens with zero attached hydrogens (tertiary/aromatic N) is 1. The topological polar surface area (TPSA) is 60.2 Å². The van der Waals surface area contributed by atoms with Gasteiger partial charge in [-0.15, -0.1) is 11.8 Å². The fourth-order valence-electron chi connectivity index (χ4n) is 1.04. The first kappa shape index (κ1) is 12.0. The number of carbonyl (C=O) groups is 1. The Morgan fingerprint density at radius 1 is 1.60 bits per heavy atom. The largest absolute Gasteiger partial charge is 0.287 e. The molecule has 0 saturated carbocycles. The smallest absolute Gasteiger partial charge is 0.265 e. The Morgan fingerprint density at radius 3 is 2.80 bits per heavy atom. The zero-order valence-corrected chi connectivity index (χ0v) is 9.47. The van der Waals surface area contributed by atoms with E-state index in [0.29, 0.717) is 10.6 Å². The van der Waals surface area contributed by atoms with Crippen molar-refractivity contribution in [3.8, 4) is 0 Å². The molecule has 0 N–H and O–H groups in total. The first-order valence-electron chi connectivity index (χ1n) is 4.03. The summed E-state index contributed by atoms with van der Waals surface area (Å²) >= 11 is 7.23. The van der Waals surface area contributed by atoms with Crippen molar-refractivity contribution in [1.29, 1.82) is 0 Å². The van der Waals surface area contributed by atoms with Crippen LogP contribution in [0.2, 0.25) is 5.02 Å². The summed E-state index contributed by atoms with van der Waals surface area (Å²) in [6, 6.07) is 4.63. The van der Waals surface area contributed by atoms with Crippen molar-refractivity contribution in [3.63, 3.8) is 0 Å². The van der Waals surface area contributed by atoms with Crippen molar-refractivity contribution in [2.45, 2.75) is 4.90 Å². The van der Waals surface area contributed by atoms with Gasteiger partial charge in [-0.25, -0.2) is 0 Å². The molecule has 0 radical (unpaired) electrons. The van der Waals surface area contributed by atoms with Crippen LogP contribution in [0.1, 0.15) is 10.4 Å². The van der Waals surface area contributed by atoms with Crippen LogP contribution in [0.25, 0.3) is 0 Å². The van der Waals surface area contributed by atoms with Crippen LogP contribution in [0.4, 0.5) is 0 Å². The Balaban J connectivity index is 2.95. The SMILES string of the molecule is CSc1cc(C(=O)C[N+](=O)[O-])ccc1Cl. The minimum Gasteiger partial charge on any atom is -0.287 e. The molecule has 0 heterocycles. The van der Waals surface area contributed by atoms with Gasteiger partial charge in [0.25, 0.3) is 6.54 Å². The summed E-state index contributed by atoms with van der Waals surface area (Å²) in [6.07, 6.45) is 1.82. The first-order chi connectivity index (χ1) is 7.04. The molecular formula is C9H8ClNO3S. The van der Waals surface area contributed by atoms with E-state index in [1.807, 2.05) is 6.26 Å². The number of hydrogen-bond donors (Lipinski definition) is 0. The molecule has 0 saturated heterocycles. The molecular weight excluding hydrogens is 238 g/mol. The van der Waals surface area contributed by atoms with E-state index in [1.54, 1.807) is 12.1 Å². The maximum atomic E-state index is 11.3. The van der Waals surface area contributed by atoms with Crippen molar-refractivity contribution >= 4 is 29.1 Å². The van der Waals surface area contributed by atoms with E-state index in [9.17, 15) is 14.9 Å². The van der Waals surface area contributed by atoms with E-state index in [4.69, 9.17) is 11.6 Å². The third kappa shape index (κ3) is 3.21. The average molecular weight is 246 g/mol. The lowest BCUT2D eigenvalue weighted by Gasteiger charge is -2.02. The number of nitro groups is 1. The monoisotopic (exact) mass is 245 g/mol. The van der Waals surface area contributed by atoms with Gasteiger partial charge < -0.3 is 0 Å². The molecule has 1 aromatic carbocycles. The molecule has 0 spiro atoms. The van der Waals surface area contributed by atoms with Gasteiger partial charge in [0.15, 0.2) is 0 Å². The van der Waals surface area contributed by atoms with Crippen molar-refractivity contribution in [1.82, 2.24) is 0 Å². The molecule has 0 aliphatic rings. The fraction of sp³-hybridized carbons (Fsp3) is 0.222. The second kappa shape index (κ2) is 5.14. The Labute approximate surface area is 95.8 Å². The van der Waals surface area contributed by atoms with Crippen LogP contribution in [0.15, 0.2) is 23.1 Å². The molecule has 0 unspecified atom stereocenters. The van der Waals surface area contributed by atoms with Crippen LogP contribution in [-0.2, 0) is 0 Å². The van der Waals surface area contributed by atoms with Crippen LogP contribution < -0.4 is 0 Å². The molecule has 15 heavy (non-hydrogen) atoms. The third-order valence-corrected chi connectivity index (χ3v) is 2.97. The zero-order valence-electron chi connectivity index (χ0n) is 7.90. The molecule has 0 amide bonds. The molecule has 0 bridgehead atoms. The fourth-order valence-corrected chi connectivity index (χ4v) is 1.90. The standard InChI is InChI=1S/C9H8ClNO3S/c1-15-9-4-6(2-3-7(9)10)8(12)5-11(13)14/h2-4H,5H2,1H3. The molecule has 6 heteroatoms. The highest BCUT2D eigenvalue weighted by molar-refractivity contribution is 7.98. The normalized spacial score (nSPS) is 10.0. The summed E-state index contributed by atoms with van der Waals surface area (Å²) in [5.74, 6) is -0.507. The van der Waals surface area contributed by atoms with Crippen molar-refractivity contribution in [2.75, 3.05) is 12.8 Å². The zero-order chi connectivity index (χ0) is 11.4. The van der Waals surface area contributed by atoms with Gasteiger partial charge in [-0.2, -0.15) is 0 Å². The highest BCUT2D eigenvalue weighted by Crippen LogP contribution is 2.26. The van der Waals surface area contributed by atoms with E-state index >= 15 is 0 Å². The lowest BCUT2D eigenvalue weighted by atomic mass is 10.1. The highest BCUT2D eigenvalue weighted by atomic mass is 35.5. The highest BCUT2D eigenvalue weighted by Gasteiger charge is 2.13. The second-order valence-corrected chi connectivity index (χ2v) is 4.02. The van der Waals surface area contributed by atoms with Crippen molar-refractivity contribution < 1.29 is 9.72 Å². The van der Waals surface area contributed by atoms with E-state index in [1.165, 1.54) is 17.8 Å². The number of halogens is 1. The van der Waals surface area contributed by atoms with Gasteiger partial charge >= 0.3 is 0 Å². The minimum absolute atomic E-state index is 0.320. The summed E-state index contributed by atoms with van der Waals surface area (Å²) in [7, 11) is 0. The molecule has 0 fully saturated rings. The maximum Gasteiger partial charge on any atom is 0.265 e. The van der Waals surface area contributed by atoms with Crippen LogP contribution in [0.3, 0.4) is 0 Å². The molecule has 1 aromatic rings. The molecule has 0 aliphatic carbocycles. The molecule has 4 nitrogen and oxygen atoms in total. The Bertz CT molecular complexity index is 408. The Morgan fingerprint density at radius 2 is 2.27 bits per heavy atom. The quantitative estimate of drug-likeness (QED) is 0.354. The van der Waals surface area contributed by atoms with E-state index in [-0.39, 0.29) is 0 Å². The second-order valence-electron chi connectivity index (χ2n) is 2.76. The summed E-state index contributed by atoms with van der Waals surface area (Å²) in [4.78, 5) is 21.6. The number of hydrogen-bond acceptors (Lipinski definition) is 4. The molecule has 1 rings (SSSR count). The van der Waals surface area contributed by atoms with Crippen LogP contribution in [-0.4, -0.2) is 23.5 Å². The number of benzene rings is 1. The summed E-state index contributed by atoms with van der Waals surface area (Å²) < 4.78 is 0. The number of rotatable bonds is 4. The summed E-state index contributed by atoms with van der Waals surface area (Å²) in [5.41, 5.74) is 0.320. The molecule has 0 atom stereocenters. The van der Waals surface area contributed by atoms with Gasteiger partial charge in [-0.1, -0.05) is 11.6 Å². The van der Waals surface area contributed by atoms with E-state index in [2.05, 4.69) is 0 Å². The van der Waals surface area contributed by atoms with Gasteiger partial charge in [0.2, 0.25) is 5.78 Å². The average Bonchev–Trinajstić information content (AvgIpc) is 2.17. The van der Waals surface area contributed by atoms with Crippen LogP contribution >= 0.6 is 23.4 Å². The van der Waals surface area contributed by atoms with Gasteiger partial charge in [0, 0.05) is 15.4 Å². The van der Waals surface area contributed by atoms with Crippen LogP contribution in [0.5, 0.6) is 0 Å². The third-order valence-electron chi connectivity index (χ3n) is 1.75. The Hall–Kier alpha value is -1.07. The van der Waals surface area contributed by atoms with E-state index < -0.39 is 17.3 Å². The van der Waals surface area contributed by atoms with Crippen LogP contribution in [0, 0.1) is 10.1 Å².